The SMILES string of the molecule is O=C(NCc1ccc(CNc2cc(-c3ccccc3)cc3c(Br)cnn23)cc1)NC12CC3CC(CC(C3)C1)C2. The summed E-state index contributed by atoms with van der Waals surface area (Å²) in [6.45, 7) is 1.21. The summed E-state index contributed by atoms with van der Waals surface area (Å²) < 4.78 is 2.89. The van der Waals surface area contributed by atoms with Crippen LogP contribution in [-0.4, -0.2) is 21.2 Å². The molecule has 0 unspecified atom stereocenters. The maximum Gasteiger partial charge on any atom is 0.315 e. The summed E-state index contributed by atoms with van der Waals surface area (Å²) in [6, 6.07) is 23.1. The molecule has 2 amide bonds. The van der Waals surface area contributed by atoms with Crippen molar-refractivity contribution in [3.8, 4) is 11.1 Å². The van der Waals surface area contributed by atoms with E-state index in [2.05, 4.69) is 97.6 Å². The summed E-state index contributed by atoms with van der Waals surface area (Å²) in [5, 5.41) is 14.6. The van der Waals surface area contributed by atoms with Crippen molar-refractivity contribution in [2.24, 2.45) is 17.8 Å². The van der Waals surface area contributed by atoms with E-state index in [9.17, 15) is 4.79 Å². The first-order chi connectivity index (χ1) is 19.0. The second-order valence-electron chi connectivity index (χ2n) is 12.0. The van der Waals surface area contributed by atoms with E-state index in [-0.39, 0.29) is 11.6 Å². The van der Waals surface area contributed by atoms with Gasteiger partial charge in [-0.05, 0) is 107 Å². The molecule has 3 N–H and O–H groups in total. The number of carbonyl (C=O) groups excluding carboxylic acids is 1. The number of urea groups is 1. The van der Waals surface area contributed by atoms with Gasteiger partial charge >= 0.3 is 6.03 Å². The summed E-state index contributed by atoms with van der Waals surface area (Å²) in [5.74, 6) is 3.41. The highest BCUT2D eigenvalue weighted by Gasteiger charge is 2.51. The first-order valence-electron chi connectivity index (χ1n) is 14.1. The minimum Gasteiger partial charge on any atom is -0.366 e. The fraction of sp³-hybridized carbons (Fsp3) is 0.375. The molecule has 4 fully saturated rings. The number of rotatable bonds is 7. The van der Waals surface area contributed by atoms with Crippen LogP contribution in [0, 0.1) is 17.8 Å². The molecule has 0 atom stereocenters. The Morgan fingerprint density at radius 3 is 2.18 bits per heavy atom. The van der Waals surface area contributed by atoms with Gasteiger partial charge in [0, 0.05) is 18.6 Å². The van der Waals surface area contributed by atoms with Gasteiger partial charge in [0.25, 0.3) is 0 Å². The largest absolute Gasteiger partial charge is 0.366 e. The number of amides is 2. The third-order valence-corrected chi connectivity index (χ3v) is 9.66. The molecule has 2 aromatic heterocycles. The van der Waals surface area contributed by atoms with Crippen LogP contribution in [0.25, 0.3) is 16.6 Å². The molecule has 0 aliphatic heterocycles. The molecule has 0 spiro atoms. The highest BCUT2D eigenvalue weighted by molar-refractivity contribution is 9.10. The molecule has 200 valence electrons. The number of carbonyl (C=O) groups is 1. The van der Waals surface area contributed by atoms with E-state index >= 15 is 0 Å². The quantitative estimate of drug-likeness (QED) is 0.216. The van der Waals surface area contributed by atoms with E-state index in [0.717, 1.165) is 44.7 Å². The zero-order valence-corrected chi connectivity index (χ0v) is 23.6. The fourth-order valence-electron chi connectivity index (χ4n) is 7.68. The average Bonchev–Trinajstić information content (AvgIpc) is 3.31. The van der Waals surface area contributed by atoms with Crippen molar-refractivity contribution in [2.45, 2.75) is 57.2 Å². The number of anilines is 1. The highest BCUT2D eigenvalue weighted by Crippen LogP contribution is 2.55. The van der Waals surface area contributed by atoms with E-state index in [1.165, 1.54) is 49.7 Å². The highest BCUT2D eigenvalue weighted by atomic mass is 79.9. The van der Waals surface area contributed by atoms with Gasteiger partial charge in [-0.15, -0.1) is 0 Å². The van der Waals surface area contributed by atoms with Gasteiger partial charge in [-0.3, -0.25) is 0 Å². The minimum absolute atomic E-state index is 0.0182. The number of hydrogen-bond acceptors (Lipinski definition) is 3. The third kappa shape index (κ3) is 5.05. The van der Waals surface area contributed by atoms with E-state index in [4.69, 9.17) is 0 Å². The molecule has 6 nitrogen and oxygen atoms in total. The van der Waals surface area contributed by atoms with Crippen molar-refractivity contribution in [1.82, 2.24) is 20.2 Å². The summed E-state index contributed by atoms with van der Waals surface area (Å²) in [5.41, 5.74) is 5.64. The molecule has 2 heterocycles. The fourth-order valence-corrected chi connectivity index (χ4v) is 8.05. The van der Waals surface area contributed by atoms with Crippen LogP contribution in [0.5, 0.6) is 0 Å². The number of hydrogen-bond donors (Lipinski definition) is 3. The Morgan fingerprint density at radius 2 is 1.51 bits per heavy atom. The monoisotopic (exact) mass is 583 g/mol. The molecule has 8 rings (SSSR count). The summed E-state index contributed by atoms with van der Waals surface area (Å²) >= 11 is 3.64. The number of pyridine rings is 1. The average molecular weight is 585 g/mol. The van der Waals surface area contributed by atoms with Crippen LogP contribution in [0.4, 0.5) is 10.6 Å². The van der Waals surface area contributed by atoms with Crippen molar-refractivity contribution < 1.29 is 4.79 Å². The molecule has 4 aromatic rings. The van der Waals surface area contributed by atoms with E-state index in [1.807, 2.05) is 16.8 Å². The van der Waals surface area contributed by atoms with Gasteiger partial charge in [0.2, 0.25) is 0 Å². The number of benzene rings is 2. The van der Waals surface area contributed by atoms with Gasteiger partial charge in [0.05, 0.1) is 16.2 Å². The topological polar surface area (TPSA) is 70.5 Å². The molecule has 4 saturated carbocycles. The molecule has 4 aliphatic rings. The van der Waals surface area contributed by atoms with Crippen LogP contribution >= 0.6 is 15.9 Å². The molecule has 0 saturated heterocycles. The Kier molecular flexibility index (Phi) is 6.34. The molecule has 39 heavy (non-hydrogen) atoms. The molecular formula is C32H34BrN5O. The lowest BCUT2D eigenvalue weighted by molar-refractivity contribution is -0.0135. The van der Waals surface area contributed by atoms with Crippen LogP contribution in [0.2, 0.25) is 0 Å². The van der Waals surface area contributed by atoms with Crippen LogP contribution in [-0.2, 0) is 13.1 Å². The van der Waals surface area contributed by atoms with Gasteiger partial charge < -0.3 is 16.0 Å². The maximum absolute atomic E-state index is 12.8. The molecule has 0 radical (unpaired) electrons. The maximum atomic E-state index is 12.8. The second kappa shape index (κ2) is 10.0. The smallest absolute Gasteiger partial charge is 0.315 e. The molecular weight excluding hydrogens is 550 g/mol. The van der Waals surface area contributed by atoms with Gasteiger partial charge in [-0.2, -0.15) is 5.10 Å². The Labute approximate surface area is 237 Å². The van der Waals surface area contributed by atoms with Gasteiger partial charge in [-0.1, -0.05) is 54.6 Å². The van der Waals surface area contributed by atoms with Crippen molar-refractivity contribution >= 4 is 33.3 Å². The standard InChI is InChI=1S/C32H34BrN5O/c33-28-20-36-38-29(28)13-27(26-4-2-1-3-5-26)14-30(38)34-18-21-6-8-22(9-7-21)19-35-31(39)37-32-15-23-10-24(16-32)12-25(11-23)17-32/h1-9,13-14,20,23-25,34H,10-12,15-19H2,(H2,35,37,39). The zero-order chi connectivity index (χ0) is 26.4. The molecule has 2 aromatic carbocycles. The summed E-state index contributed by atoms with van der Waals surface area (Å²) in [7, 11) is 0. The third-order valence-electron chi connectivity index (χ3n) is 9.05. The number of fused-ring (bicyclic) bond motifs is 1. The van der Waals surface area contributed by atoms with Crippen LogP contribution in [0.1, 0.15) is 49.7 Å². The molecule has 7 heteroatoms. The normalized spacial score (nSPS) is 25.1. The summed E-state index contributed by atoms with van der Waals surface area (Å²) in [6.07, 6.45) is 9.49. The zero-order valence-electron chi connectivity index (χ0n) is 22.0. The van der Waals surface area contributed by atoms with Crippen LogP contribution < -0.4 is 16.0 Å². The van der Waals surface area contributed by atoms with Gasteiger partial charge in [-0.25, -0.2) is 9.31 Å². The van der Waals surface area contributed by atoms with Gasteiger partial charge in [0.1, 0.15) is 5.82 Å². The number of nitrogens with one attached hydrogen (secondary N) is 3. The van der Waals surface area contributed by atoms with Crippen molar-refractivity contribution in [2.75, 3.05) is 5.32 Å². The Balaban J connectivity index is 0.975. The van der Waals surface area contributed by atoms with Crippen LogP contribution in [0.3, 0.4) is 0 Å². The number of halogens is 1. The molecule has 4 aliphatic carbocycles. The van der Waals surface area contributed by atoms with Crippen molar-refractivity contribution in [3.63, 3.8) is 0 Å². The van der Waals surface area contributed by atoms with Gasteiger partial charge in [0.15, 0.2) is 0 Å². The minimum atomic E-state index is -0.0182. The second-order valence-corrected chi connectivity index (χ2v) is 12.8. The predicted molar refractivity (Wildman–Crippen MR) is 158 cm³/mol. The lowest BCUT2D eigenvalue weighted by Crippen LogP contribution is -2.61. The van der Waals surface area contributed by atoms with E-state index in [0.29, 0.717) is 13.1 Å². The van der Waals surface area contributed by atoms with Crippen LogP contribution in [0.15, 0.2) is 77.4 Å². The van der Waals surface area contributed by atoms with Crippen molar-refractivity contribution in [1.29, 1.82) is 0 Å². The van der Waals surface area contributed by atoms with E-state index in [1.54, 1.807) is 0 Å². The van der Waals surface area contributed by atoms with E-state index < -0.39 is 0 Å². The Morgan fingerprint density at radius 1 is 0.872 bits per heavy atom. The number of aromatic nitrogens is 2. The first kappa shape index (κ1) is 24.7. The summed E-state index contributed by atoms with van der Waals surface area (Å²) in [4.78, 5) is 12.8. The first-order valence-corrected chi connectivity index (χ1v) is 14.9. The predicted octanol–water partition coefficient (Wildman–Crippen LogP) is 7.14. The lowest BCUT2D eigenvalue weighted by Gasteiger charge is -2.56. The Bertz CT molecular complexity index is 1460. The molecule has 4 bridgehead atoms. The lowest BCUT2D eigenvalue weighted by atomic mass is 9.53. The Hall–Kier alpha value is -3.32. The number of nitrogens with zero attached hydrogens (tertiary/aromatic N) is 2. The van der Waals surface area contributed by atoms with Crippen molar-refractivity contribution in [3.05, 3.63) is 88.5 Å².